The van der Waals surface area contributed by atoms with Crippen LogP contribution in [0.5, 0.6) is 5.88 Å². The summed E-state index contributed by atoms with van der Waals surface area (Å²) in [4.78, 5) is 7.85. The van der Waals surface area contributed by atoms with Crippen molar-refractivity contribution in [2.75, 3.05) is 19.7 Å². The van der Waals surface area contributed by atoms with Crippen molar-refractivity contribution in [1.82, 2.24) is 10.3 Å². The molecule has 0 saturated heterocycles. The van der Waals surface area contributed by atoms with Gasteiger partial charge in [0, 0.05) is 19.3 Å². The van der Waals surface area contributed by atoms with Crippen molar-refractivity contribution in [3.8, 4) is 5.88 Å². The van der Waals surface area contributed by atoms with E-state index in [0.29, 0.717) is 31.0 Å². The molecular weight excluding hydrogens is 345 g/mol. The van der Waals surface area contributed by atoms with E-state index in [1.165, 1.54) is 19.3 Å². The van der Waals surface area contributed by atoms with E-state index in [9.17, 15) is 13.2 Å². The summed E-state index contributed by atoms with van der Waals surface area (Å²) in [6, 6.07) is 0.799. The molecule has 0 atom stereocenters. The van der Waals surface area contributed by atoms with Crippen molar-refractivity contribution >= 4 is 17.6 Å². The van der Waals surface area contributed by atoms with Crippen LogP contribution in [0.2, 0.25) is 5.02 Å². The number of aromatic nitrogens is 1. The molecule has 5 nitrogen and oxygen atoms in total. The van der Waals surface area contributed by atoms with Crippen LogP contribution in [-0.4, -0.2) is 30.6 Å². The summed E-state index contributed by atoms with van der Waals surface area (Å²) in [5.74, 6) is 1.03. The van der Waals surface area contributed by atoms with Gasteiger partial charge in [0.2, 0.25) is 5.88 Å². The number of halogens is 4. The zero-order chi connectivity index (χ0) is 17.6. The standard InChI is InChI=1S/C15H20ClF3N4O/c16-12-7-11(15(17,18)19)9-22-13(12)24-6-2-5-21-14(20)23-8-10-3-1-4-10/h7,9-10H,1-6,8H2,(H3,20,21,23). The summed E-state index contributed by atoms with van der Waals surface area (Å²) in [6.45, 7) is 1.54. The lowest BCUT2D eigenvalue weighted by Gasteiger charge is -2.23. The van der Waals surface area contributed by atoms with Crippen LogP contribution in [0.3, 0.4) is 0 Å². The summed E-state index contributed by atoms with van der Waals surface area (Å²) in [7, 11) is 0. The number of alkyl halides is 3. The molecule has 1 heterocycles. The molecule has 24 heavy (non-hydrogen) atoms. The van der Waals surface area contributed by atoms with Gasteiger partial charge in [-0.15, -0.1) is 0 Å². The highest BCUT2D eigenvalue weighted by Crippen LogP contribution is 2.33. The van der Waals surface area contributed by atoms with Crippen LogP contribution in [0.15, 0.2) is 17.3 Å². The van der Waals surface area contributed by atoms with Crippen LogP contribution in [0.1, 0.15) is 31.2 Å². The molecule has 0 bridgehead atoms. The van der Waals surface area contributed by atoms with E-state index in [1.54, 1.807) is 0 Å². The Kier molecular flexibility index (Phi) is 6.53. The highest BCUT2D eigenvalue weighted by Gasteiger charge is 2.31. The Morgan fingerprint density at radius 2 is 2.21 bits per heavy atom. The van der Waals surface area contributed by atoms with Gasteiger partial charge in [-0.2, -0.15) is 13.2 Å². The lowest BCUT2D eigenvalue weighted by atomic mass is 9.86. The van der Waals surface area contributed by atoms with Gasteiger partial charge in [-0.05, 0) is 31.2 Å². The first-order valence-electron chi connectivity index (χ1n) is 7.75. The van der Waals surface area contributed by atoms with E-state index in [4.69, 9.17) is 22.1 Å². The molecule has 0 unspecified atom stereocenters. The molecule has 1 saturated carbocycles. The number of guanidine groups is 1. The second-order valence-corrected chi connectivity index (χ2v) is 6.07. The molecule has 3 N–H and O–H groups in total. The lowest BCUT2D eigenvalue weighted by molar-refractivity contribution is -0.137. The van der Waals surface area contributed by atoms with Crippen LogP contribution in [0.4, 0.5) is 13.2 Å². The Hall–Kier alpha value is -1.70. The van der Waals surface area contributed by atoms with E-state index in [0.717, 1.165) is 12.6 Å². The fraction of sp³-hybridized carbons (Fsp3) is 0.600. The van der Waals surface area contributed by atoms with Crippen LogP contribution in [0.25, 0.3) is 0 Å². The summed E-state index contributed by atoms with van der Waals surface area (Å²) in [6.07, 6.45) is 0.501. The first kappa shape index (κ1) is 18.6. The summed E-state index contributed by atoms with van der Waals surface area (Å²) >= 11 is 5.75. The van der Waals surface area contributed by atoms with E-state index < -0.39 is 11.7 Å². The molecule has 0 radical (unpaired) electrons. The van der Waals surface area contributed by atoms with Crippen molar-refractivity contribution in [1.29, 1.82) is 0 Å². The van der Waals surface area contributed by atoms with Gasteiger partial charge >= 0.3 is 6.18 Å². The van der Waals surface area contributed by atoms with Crippen LogP contribution >= 0.6 is 11.6 Å². The minimum absolute atomic E-state index is 0.0173. The summed E-state index contributed by atoms with van der Waals surface area (Å²) in [5.41, 5.74) is 4.83. The number of ether oxygens (including phenoxy) is 1. The Labute approximate surface area is 143 Å². The Morgan fingerprint density at radius 3 is 2.79 bits per heavy atom. The smallest absolute Gasteiger partial charge is 0.417 e. The Morgan fingerprint density at radius 1 is 1.46 bits per heavy atom. The predicted octanol–water partition coefficient (Wildman–Crippen LogP) is 3.23. The predicted molar refractivity (Wildman–Crippen MR) is 86.2 cm³/mol. The van der Waals surface area contributed by atoms with E-state index in [-0.39, 0.29) is 17.5 Å². The maximum absolute atomic E-state index is 12.5. The fourth-order valence-electron chi connectivity index (χ4n) is 2.10. The minimum atomic E-state index is -4.48. The summed E-state index contributed by atoms with van der Waals surface area (Å²) < 4.78 is 42.8. The number of pyridine rings is 1. The second kappa shape index (κ2) is 8.41. The number of hydrogen-bond donors (Lipinski definition) is 2. The van der Waals surface area contributed by atoms with Gasteiger partial charge < -0.3 is 15.8 Å². The number of nitrogens with zero attached hydrogens (tertiary/aromatic N) is 2. The molecule has 1 fully saturated rings. The number of aliphatic imine (C=N–C) groups is 1. The second-order valence-electron chi connectivity index (χ2n) is 5.66. The Bertz CT molecular complexity index is 576. The van der Waals surface area contributed by atoms with E-state index >= 15 is 0 Å². The van der Waals surface area contributed by atoms with E-state index in [1.807, 2.05) is 0 Å². The van der Waals surface area contributed by atoms with Crippen LogP contribution in [0, 0.1) is 5.92 Å². The van der Waals surface area contributed by atoms with Gasteiger partial charge in [-0.1, -0.05) is 18.0 Å². The first-order chi connectivity index (χ1) is 11.4. The van der Waals surface area contributed by atoms with Gasteiger partial charge in [-0.25, -0.2) is 4.98 Å². The third kappa shape index (κ3) is 5.74. The molecule has 1 aliphatic carbocycles. The molecule has 0 aromatic carbocycles. The van der Waals surface area contributed by atoms with Crippen molar-refractivity contribution < 1.29 is 17.9 Å². The topological polar surface area (TPSA) is 72.5 Å². The molecule has 1 aromatic heterocycles. The Balaban J connectivity index is 1.66. The molecular formula is C15H20ClF3N4O. The number of nitrogens with one attached hydrogen (secondary N) is 1. The minimum Gasteiger partial charge on any atom is -0.477 e. The molecule has 1 aromatic rings. The van der Waals surface area contributed by atoms with Crippen LogP contribution in [-0.2, 0) is 6.18 Å². The molecule has 0 aliphatic heterocycles. The third-order valence-corrected chi connectivity index (χ3v) is 4.02. The van der Waals surface area contributed by atoms with Crippen molar-refractivity contribution in [2.45, 2.75) is 31.9 Å². The van der Waals surface area contributed by atoms with Gasteiger partial charge in [0.25, 0.3) is 0 Å². The summed E-state index contributed by atoms with van der Waals surface area (Å²) in [5, 5.41) is 2.79. The van der Waals surface area contributed by atoms with Crippen molar-refractivity contribution in [3.05, 3.63) is 22.8 Å². The molecule has 1 aliphatic rings. The normalized spacial score (nSPS) is 15.9. The molecule has 0 amide bonds. The van der Waals surface area contributed by atoms with Gasteiger partial charge in [0.1, 0.15) is 5.02 Å². The quantitative estimate of drug-likeness (QED) is 0.442. The van der Waals surface area contributed by atoms with Crippen molar-refractivity contribution in [2.24, 2.45) is 16.6 Å². The molecule has 9 heteroatoms. The first-order valence-corrected chi connectivity index (χ1v) is 8.13. The highest BCUT2D eigenvalue weighted by atomic mass is 35.5. The SMILES string of the molecule is NC(=NCC1CCC1)NCCCOc1ncc(C(F)(F)F)cc1Cl. The third-order valence-electron chi connectivity index (χ3n) is 3.75. The molecule has 2 rings (SSSR count). The van der Waals surface area contributed by atoms with Gasteiger partial charge in [0.05, 0.1) is 12.2 Å². The fourth-order valence-corrected chi connectivity index (χ4v) is 2.32. The molecule has 0 spiro atoms. The molecule has 134 valence electrons. The highest BCUT2D eigenvalue weighted by molar-refractivity contribution is 6.31. The van der Waals surface area contributed by atoms with Gasteiger partial charge in [-0.3, -0.25) is 4.99 Å². The average molecular weight is 365 g/mol. The number of hydrogen-bond acceptors (Lipinski definition) is 3. The number of nitrogens with two attached hydrogens (primary N) is 1. The maximum Gasteiger partial charge on any atom is 0.417 e. The number of rotatable bonds is 7. The lowest BCUT2D eigenvalue weighted by Crippen LogP contribution is -2.34. The zero-order valence-corrected chi connectivity index (χ0v) is 13.8. The van der Waals surface area contributed by atoms with Crippen molar-refractivity contribution in [3.63, 3.8) is 0 Å². The monoisotopic (exact) mass is 364 g/mol. The van der Waals surface area contributed by atoms with Crippen LogP contribution < -0.4 is 15.8 Å². The average Bonchev–Trinajstić information content (AvgIpc) is 2.45. The zero-order valence-electron chi connectivity index (χ0n) is 13.1. The van der Waals surface area contributed by atoms with E-state index in [2.05, 4.69) is 15.3 Å². The largest absolute Gasteiger partial charge is 0.477 e. The maximum atomic E-state index is 12.5. The van der Waals surface area contributed by atoms with Gasteiger partial charge in [0.15, 0.2) is 5.96 Å².